The molecule has 0 aromatic heterocycles. The first-order valence-electron chi connectivity index (χ1n) is 9.63. The number of carboxylic acid groups (broad SMARTS) is 1. The van der Waals surface area contributed by atoms with Crippen LogP contribution in [0.5, 0.6) is 0 Å². The number of alkyl carbamates (subject to hydrolysis) is 1. The maximum Gasteiger partial charge on any atom is 0.408 e. The van der Waals surface area contributed by atoms with E-state index >= 15 is 0 Å². The predicted molar refractivity (Wildman–Crippen MR) is 103 cm³/mol. The molecule has 0 aromatic carbocycles. The van der Waals surface area contributed by atoms with Gasteiger partial charge >= 0.3 is 12.1 Å². The summed E-state index contributed by atoms with van der Waals surface area (Å²) in [6.07, 6.45) is -0.558. The number of rotatable bonds is 4. The highest BCUT2D eigenvalue weighted by Gasteiger charge is 2.52. The number of carbonyl (C=O) groups excluding carboxylic acids is 1. The number of aliphatic hydroxyl groups is 1. The first-order valence-corrected chi connectivity index (χ1v) is 9.63. The van der Waals surface area contributed by atoms with E-state index in [2.05, 4.69) is 5.32 Å². The molecule has 2 aliphatic rings. The Morgan fingerprint density at radius 3 is 2.21 bits per heavy atom. The molecule has 0 spiro atoms. The number of ether oxygens (including phenoxy) is 3. The third kappa shape index (κ3) is 7.90. The quantitative estimate of drug-likeness (QED) is 0.554. The van der Waals surface area contributed by atoms with Crippen LogP contribution in [0.2, 0.25) is 0 Å². The van der Waals surface area contributed by atoms with Crippen LogP contribution < -0.4 is 11.1 Å². The van der Waals surface area contributed by atoms with Crippen molar-refractivity contribution in [2.24, 2.45) is 11.7 Å². The highest BCUT2D eigenvalue weighted by Crippen LogP contribution is 2.37. The molecule has 1 saturated carbocycles. The smallest absolute Gasteiger partial charge is 0.408 e. The molecule has 9 nitrogen and oxygen atoms in total. The molecule has 0 bridgehead atoms. The second-order valence-electron chi connectivity index (χ2n) is 9.20. The van der Waals surface area contributed by atoms with Gasteiger partial charge < -0.3 is 35.5 Å². The van der Waals surface area contributed by atoms with Crippen molar-refractivity contribution in [3.05, 3.63) is 0 Å². The summed E-state index contributed by atoms with van der Waals surface area (Å²) in [6, 6.07) is -0.985. The molecule has 1 amide bonds. The SMILES string of the molecule is CC(C)C[C@H](NC(=O)OC(C)(C)C)C(=O)O.CC1(C)O[C@@H]2[C@H](O1)[C@@H](O)C[C@H]2N. The molecule has 28 heavy (non-hydrogen) atoms. The number of fused-ring (bicyclic) bond motifs is 1. The molecule has 2 fully saturated rings. The van der Waals surface area contributed by atoms with Gasteiger partial charge in [-0.3, -0.25) is 0 Å². The van der Waals surface area contributed by atoms with E-state index < -0.39 is 35.6 Å². The fourth-order valence-corrected chi connectivity index (χ4v) is 3.14. The number of aliphatic hydroxyl groups excluding tert-OH is 1. The molecule has 0 unspecified atom stereocenters. The number of carboxylic acids is 1. The van der Waals surface area contributed by atoms with Crippen molar-refractivity contribution in [3.8, 4) is 0 Å². The van der Waals surface area contributed by atoms with Crippen LogP contribution in [0.15, 0.2) is 0 Å². The van der Waals surface area contributed by atoms with Gasteiger partial charge in [0.2, 0.25) is 0 Å². The average molecular weight is 405 g/mol. The zero-order valence-corrected chi connectivity index (χ0v) is 17.9. The third-order valence-corrected chi connectivity index (χ3v) is 4.17. The summed E-state index contributed by atoms with van der Waals surface area (Å²) < 4.78 is 16.0. The van der Waals surface area contributed by atoms with E-state index in [-0.39, 0.29) is 24.2 Å². The van der Waals surface area contributed by atoms with E-state index in [0.29, 0.717) is 12.8 Å². The zero-order chi connectivity index (χ0) is 21.9. The van der Waals surface area contributed by atoms with Crippen molar-refractivity contribution in [1.29, 1.82) is 0 Å². The van der Waals surface area contributed by atoms with Gasteiger partial charge in [-0.25, -0.2) is 9.59 Å². The van der Waals surface area contributed by atoms with Crippen molar-refractivity contribution in [2.45, 2.75) is 103 Å². The fraction of sp³-hybridized carbons (Fsp3) is 0.895. The Balaban J connectivity index is 0.000000289. The molecule has 1 aliphatic heterocycles. The van der Waals surface area contributed by atoms with E-state index in [1.807, 2.05) is 27.7 Å². The van der Waals surface area contributed by atoms with Gasteiger partial charge in [0, 0.05) is 6.04 Å². The Labute approximate surface area is 166 Å². The van der Waals surface area contributed by atoms with Crippen LogP contribution in [0.1, 0.15) is 61.3 Å². The maximum atomic E-state index is 11.4. The molecular weight excluding hydrogens is 368 g/mol. The maximum absolute atomic E-state index is 11.4. The predicted octanol–water partition coefficient (Wildman–Crippen LogP) is 1.61. The summed E-state index contributed by atoms with van der Waals surface area (Å²) in [5.74, 6) is -1.44. The van der Waals surface area contributed by atoms with Gasteiger partial charge in [0.05, 0.1) is 6.10 Å². The lowest BCUT2D eigenvalue weighted by atomic mass is 10.0. The van der Waals surface area contributed by atoms with E-state index in [0.717, 1.165) is 0 Å². The normalized spacial score (nSPS) is 29.5. The summed E-state index contributed by atoms with van der Waals surface area (Å²) in [7, 11) is 0. The Morgan fingerprint density at radius 2 is 1.79 bits per heavy atom. The number of hydrogen-bond donors (Lipinski definition) is 4. The van der Waals surface area contributed by atoms with E-state index in [4.69, 9.17) is 25.1 Å². The minimum Gasteiger partial charge on any atom is -0.480 e. The Morgan fingerprint density at radius 1 is 1.25 bits per heavy atom. The first-order chi connectivity index (χ1) is 12.6. The van der Waals surface area contributed by atoms with Crippen LogP contribution in [-0.2, 0) is 19.0 Å². The number of carbonyl (C=O) groups is 2. The number of nitrogens with two attached hydrogens (primary N) is 1. The van der Waals surface area contributed by atoms with Crippen molar-refractivity contribution >= 4 is 12.1 Å². The van der Waals surface area contributed by atoms with Gasteiger partial charge in [-0.15, -0.1) is 0 Å². The molecule has 0 radical (unpaired) electrons. The van der Waals surface area contributed by atoms with Crippen LogP contribution in [-0.4, -0.2) is 64.1 Å². The number of aliphatic carboxylic acids is 1. The fourth-order valence-electron chi connectivity index (χ4n) is 3.14. The van der Waals surface area contributed by atoms with Gasteiger partial charge in [-0.2, -0.15) is 0 Å². The number of nitrogens with one attached hydrogen (secondary N) is 1. The van der Waals surface area contributed by atoms with Crippen molar-refractivity contribution in [3.63, 3.8) is 0 Å². The molecule has 1 aliphatic carbocycles. The molecule has 2 rings (SSSR count). The Hall–Kier alpha value is -1.42. The van der Waals surface area contributed by atoms with Crippen LogP contribution in [0.25, 0.3) is 0 Å². The molecule has 1 heterocycles. The summed E-state index contributed by atoms with van der Waals surface area (Å²) in [5, 5.41) is 20.8. The minimum atomic E-state index is -1.04. The summed E-state index contributed by atoms with van der Waals surface area (Å²) >= 11 is 0. The summed E-state index contributed by atoms with van der Waals surface area (Å²) in [4.78, 5) is 22.2. The minimum absolute atomic E-state index is 0.0909. The second kappa shape index (κ2) is 9.39. The van der Waals surface area contributed by atoms with Crippen LogP contribution >= 0.6 is 0 Å². The van der Waals surface area contributed by atoms with Gasteiger partial charge in [0.1, 0.15) is 23.9 Å². The monoisotopic (exact) mass is 404 g/mol. The summed E-state index contributed by atoms with van der Waals surface area (Å²) in [5.41, 5.74) is 5.15. The van der Waals surface area contributed by atoms with Gasteiger partial charge in [-0.1, -0.05) is 13.8 Å². The van der Waals surface area contributed by atoms with Crippen molar-refractivity contribution < 1.29 is 34.0 Å². The number of hydrogen-bond acceptors (Lipinski definition) is 7. The summed E-state index contributed by atoms with van der Waals surface area (Å²) in [6.45, 7) is 12.6. The van der Waals surface area contributed by atoms with Gasteiger partial charge in [-0.05, 0) is 53.4 Å². The lowest BCUT2D eigenvalue weighted by Gasteiger charge is -2.22. The van der Waals surface area contributed by atoms with Gasteiger partial charge in [0.15, 0.2) is 5.79 Å². The van der Waals surface area contributed by atoms with Crippen molar-refractivity contribution in [2.75, 3.05) is 0 Å². The van der Waals surface area contributed by atoms with Crippen LogP contribution in [0.3, 0.4) is 0 Å². The van der Waals surface area contributed by atoms with Crippen molar-refractivity contribution in [1.82, 2.24) is 5.32 Å². The van der Waals surface area contributed by atoms with E-state index in [9.17, 15) is 14.7 Å². The molecule has 5 atom stereocenters. The van der Waals surface area contributed by atoms with E-state index in [1.54, 1.807) is 20.8 Å². The molecule has 9 heteroatoms. The highest BCUT2D eigenvalue weighted by molar-refractivity contribution is 5.79. The van der Waals surface area contributed by atoms with Crippen LogP contribution in [0.4, 0.5) is 4.79 Å². The lowest BCUT2D eigenvalue weighted by molar-refractivity contribution is -0.163. The molecule has 1 saturated heterocycles. The largest absolute Gasteiger partial charge is 0.480 e. The van der Waals surface area contributed by atoms with E-state index in [1.165, 1.54) is 0 Å². The first kappa shape index (κ1) is 24.6. The van der Waals surface area contributed by atoms with Gasteiger partial charge in [0.25, 0.3) is 0 Å². The highest BCUT2D eigenvalue weighted by atomic mass is 16.8. The Bertz CT molecular complexity index is 527. The molecule has 5 N–H and O–H groups in total. The third-order valence-electron chi connectivity index (χ3n) is 4.17. The standard InChI is InChI=1S/C11H21NO4.C8H15NO3/c1-7(2)6-8(9(13)14)12-10(15)16-11(3,4)5;1-8(2)11-6-4(9)3-5(10)7(6)12-8/h7-8H,6H2,1-5H3,(H,12,15)(H,13,14);4-7,10H,3,9H2,1-2H3/t8-;4-,5+,6+,7-/m01/s1. The lowest BCUT2D eigenvalue weighted by Crippen LogP contribution is -2.44. The van der Waals surface area contributed by atoms with Crippen LogP contribution in [0, 0.1) is 5.92 Å². The average Bonchev–Trinajstić information content (AvgIpc) is 2.92. The topological polar surface area (TPSA) is 140 Å². The molecule has 164 valence electrons. The molecular formula is C19H36N2O7. The molecule has 0 aromatic rings. The zero-order valence-electron chi connectivity index (χ0n) is 17.9. The number of amides is 1. The second-order valence-corrected chi connectivity index (χ2v) is 9.20. The Kier molecular flexibility index (Phi) is 8.25.